The molecule has 3 rings (SSSR count). The monoisotopic (exact) mass is 480 g/mol. The summed E-state index contributed by atoms with van der Waals surface area (Å²) in [5.74, 6) is 6.59. The van der Waals surface area contributed by atoms with E-state index in [1.54, 1.807) is 12.1 Å². The van der Waals surface area contributed by atoms with Crippen LogP contribution >= 0.6 is 23.5 Å². The van der Waals surface area contributed by atoms with E-state index < -0.39 is 0 Å². The minimum absolute atomic E-state index is 0.348. The number of benzene rings is 3. The maximum absolute atomic E-state index is 9.51. The highest BCUT2D eigenvalue weighted by molar-refractivity contribution is 8.02. The van der Waals surface area contributed by atoms with Gasteiger partial charge in [0.25, 0.3) is 0 Å². The minimum atomic E-state index is 0.348. The normalized spacial score (nSPS) is 9.76. The minimum Gasteiger partial charge on any atom is -0.493 e. The number of hydrogen-bond donors (Lipinski definition) is 0. The van der Waals surface area contributed by atoms with Crippen molar-refractivity contribution >= 4 is 23.5 Å². The Morgan fingerprint density at radius 3 is 1.35 bits per heavy atom. The van der Waals surface area contributed by atoms with E-state index >= 15 is 0 Å². The first-order valence-electron chi connectivity index (χ1n) is 10.3. The highest BCUT2D eigenvalue weighted by Crippen LogP contribution is 2.41. The Morgan fingerprint density at radius 2 is 1.03 bits per heavy atom. The molecule has 3 aromatic carbocycles. The summed E-state index contributed by atoms with van der Waals surface area (Å²) in [4.78, 5) is 3.74. The molecule has 0 spiro atoms. The van der Waals surface area contributed by atoms with E-state index in [9.17, 15) is 10.5 Å². The first-order chi connectivity index (χ1) is 16.7. The second-order valence-corrected chi connectivity index (χ2v) is 9.05. The number of nitrogens with zero attached hydrogens (tertiary/aromatic N) is 2. The van der Waals surface area contributed by atoms with Gasteiger partial charge >= 0.3 is 0 Å². The van der Waals surface area contributed by atoms with Gasteiger partial charge in [0.2, 0.25) is 0 Å². The van der Waals surface area contributed by atoms with E-state index in [2.05, 4.69) is 24.0 Å². The predicted octanol–water partition coefficient (Wildman–Crippen LogP) is 6.54. The van der Waals surface area contributed by atoms with Gasteiger partial charge < -0.3 is 9.47 Å². The summed E-state index contributed by atoms with van der Waals surface area (Å²) in [7, 11) is 0. The zero-order valence-corrected chi connectivity index (χ0v) is 19.9. The van der Waals surface area contributed by atoms with Crippen LogP contribution in [0.4, 0.5) is 0 Å². The number of nitriles is 2. The van der Waals surface area contributed by atoms with Gasteiger partial charge in [0.15, 0.2) is 0 Å². The maximum atomic E-state index is 9.51. The van der Waals surface area contributed by atoms with Crippen molar-refractivity contribution in [2.75, 3.05) is 13.2 Å². The Morgan fingerprint density at radius 1 is 0.647 bits per heavy atom. The molecular formula is C28H20N2O2S2. The van der Waals surface area contributed by atoms with Gasteiger partial charge in [0.05, 0.1) is 24.3 Å². The number of hydrogen-bond acceptors (Lipinski definition) is 6. The second kappa shape index (κ2) is 12.9. The van der Waals surface area contributed by atoms with Crippen molar-refractivity contribution in [2.24, 2.45) is 0 Å². The summed E-state index contributed by atoms with van der Waals surface area (Å²) >= 11 is 3.05. The van der Waals surface area contributed by atoms with Crippen LogP contribution in [0.5, 0.6) is 11.5 Å². The summed E-state index contributed by atoms with van der Waals surface area (Å²) in [5, 5.41) is 19.0. The smallest absolute Gasteiger partial charge is 0.119 e. The van der Waals surface area contributed by atoms with Crippen molar-refractivity contribution in [3.63, 3.8) is 0 Å². The molecular weight excluding hydrogens is 460 g/mol. The van der Waals surface area contributed by atoms with E-state index in [0.717, 1.165) is 31.1 Å². The molecule has 0 fully saturated rings. The van der Waals surface area contributed by atoms with Crippen LogP contribution in [0.15, 0.2) is 80.2 Å². The molecule has 0 radical (unpaired) electrons. The van der Waals surface area contributed by atoms with Crippen molar-refractivity contribution in [1.29, 1.82) is 10.5 Å². The van der Waals surface area contributed by atoms with Crippen LogP contribution in [0.2, 0.25) is 0 Å². The largest absolute Gasteiger partial charge is 0.493 e. The maximum Gasteiger partial charge on any atom is 0.119 e. The summed E-state index contributed by atoms with van der Waals surface area (Å²) in [6.45, 7) is 0.942. The fraction of sp³-hybridized carbons (Fsp3) is 0.143. The van der Waals surface area contributed by atoms with Gasteiger partial charge in [-0.25, -0.2) is 0 Å². The molecule has 0 saturated heterocycles. The molecule has 3 aromatic rings. The molecule has 4 nitrogen and oxygen atoms in total. The first-order valence-corrected chi connectivity index (χ1v) is 12.0. The molecule has 0 unspecified atom stereocenters. The number of rotatable bonds is 10. The van der Waals surface area contributed by atoms with Crippen LogP contribution in [0.25, 0.3) is 0 Å². The van der Waals surface area contributed by atoms with Crippen molar-refractivity contribution in [1.82, 2.24) is 0 Å². The molecule has 0 aliphatic carbocycles. The highest BCUT2D eigenvalue weighted by Gasteiger charge is 2.13. The molecule has 0 bridgehead atoms. The molecule has 0 aliphatic heterocycles. The molecule has 0 saturated carbocycles. The highest BCUT2D eigenvalue weighted by atomic mass is 32.2. The fourth-order valence-corrected chi connectivity index (χ4v) is 4.80. The average molecular weight is 481 g/mol. The van der Waals surface area contributed by atoms with Crippen LogP contribution in [0.1, 0.15) is 24.0 Å². The van der Waals surface area contributed by atoms with Gasteiger partial charge in [-0.2, -0.15) is 10.5 Å². The molecule has 6 heteroatoms. The lowest BCUT2D eigenvalue weighted by molar-refractivity contribution is 0.327. The first kappa shape index (κ1) is 24.7. The zero-order valence-electron chi connectivity index (χ0n) is 18.3. The molecule has 0 N–H and O–H groups in total. The van der Waals surface area contributed by atoms with Gasteiger partial charge in [0, 0.05) is 32.4 Å². The van der Waals surface area contributed by atoms with Gasteiger partial charge in [0.1, 0.15) is 23.6 Å². The van der Waals surface area contributed by atoms with Crippen LogP contribution in [-0.4, -0.2) is 13.2 Å². The topological polar surface area (TPSA) is 66.0 Å². The Hall–Kier alpha value is -3.94. The van der Waals surface area contributed by atoms with Crippen LogP contribution in [0, 0.1) is 47.3 Å². The van der Waals surface area contributed by atoms with E-state index in [1.807, 2.05) is 48.5 Å². The van der Waals surface area contributed by atoms with Gasteiger partial charge in [-0.15, -0.1) is 24.7 Å². The standard InChI is InChI=1S/C28H20N2O2S2/c1-3-5-15-31-23-7-11-25(12-8-23)33-27-17-21(19-29)22(20-30)18-28(27)34-26-13-9-24(10-14-26)32-16-6-4-2/h1-2,7-14,17-18H,5-6,15-16H2. The van der Waals surface area contributed by atoms with Crippen LogP contribution in [0.3, 0.4) is 0 Å². The van der Waals surface area contributed by atoms with Gasteiger partial charge in [-0.05, 0) is 60.7 Å². The third-order valence-electron chi connectivity index (χ3n) is 4.46. The quantitative estimate of drug-likeness (QED) is 0.243. The molecule has 0 heterocycles. The van der Waals surface area contributed by atoms with E-state index in [1.165, 1.54) is 23.5 Å². The summed E-state index contributed by atoms with van der Waals surface area (Å²) < 4.78 is 11.2. The van der Waals surface area contributed by atoms with Crippen molar-refractivity contribution in [3.05, 3.63) is 71.8 Å². The Bertz CT molecular complexity index is 1190. The lowest BCUT2D eigenvalue weighted by atomic mass is 10.1. The summed E-state index contributed by atoms with van der Waals surface area (Å²) in [5.41, 5.74) is 0.696. The van der Waals surface area contributed by atoms with Gasteiger partial charge in [-0.3, -0.25) is 0 Å². The Labute approximate surface area is 208 Å². The molecule has 166 valence electrons. The fourth-order valence-electron chi connectivity index (χ4n) is 2.82. The molecule has 0 atom stereocenters. The van der Waals surface area contributed by atoms with E-state index in [4.69, 9.17) is 22.3 Å². The lowest BCUT2D eigenvalue weighted by Crippen LogP contribution is -1.95. The molecule has 34 heavy (non-hydrogen) atoms. The van der Waals surface area contributed by atoms with Crippen LogP contribution in [-0.2, 0) is 0 Å². The Kier molecular flexibility index (Phi) is 9.40. The number of ether oxygens (including phenoxy) is 2. The number of terminal acetylenes is 2. The SMILES string of the molecule is C#CCCOc1ccc(Sc2cc(C#N)c(C#N)cc2Sc2ccc(OCCC#C)cc2)cc1. The van der Waals surface area contributed by atoms with E-state index in [-0.39, 0.29) is 0 Å². The third kappa shape index (κ3) is 7.03. The van der Waals surface area contributed by atoms with Crippen molar-refractivity contribution in [3.8, 4) is 48.3 Å². The second-order valence-electron chi connectivity index (χ2n) is 6.82. The average Bonchev–Trinajstić information content (AvgIpc) is 2.87. The van der Waals surface area contributed by atoms with Gasteiger partial charge in [-0.1, -0.05) is 23.5 Å². The van der Waals surface area contributed by atoms with Crippen molar-refractivity contribution in [2.45, 2.75) is 32.4 Å². The Balaban J connectivity index is 1.82. The summed E-state index contributed by atoms with van der Waals surface area (Å²) in [6, 6.07) is 23.1. The zero-order chi connectivity index (χ0) is 24.2. The third-order valence-corrected chi connectivity index (χ3v) is 6.72. The lowest BCUT2D eigenvalue weighted by Gasteiger charge is -2.12. The predicted molar refractivity (Wildman–Crippen MR) is 135 cm³/mol. The molecule has 0 amide bonds. The molecule has 0 aromatic heterocycles. The van der Waals surface area contributed by atoms with Crippen LogP contribution < -0.4 is 9.47 Å². The van der Waals surface area contributed by atoms with Crippen molar-refractivity contribution < 1.29 is 9.47 Å². The van der Waals surface area contributed by atoms with E-state index in [0.29, 0.717) is 37.2 Å². The summed E-state index contributed by atoms with van der Waals surface area (Å²) in [6.07, 6.45) is 11.6. The molecule has 0 aliphatic rings.